The number of benzene rings is 2. The number of aromatic nitrogens is 1. The maximum absolute atomic E-state index is 9.02. The van der Waals surface area contributed by atoms with Crippen LogP contribution in [0, 0.1) is 11.3 Å². The summed E-state index contributed by atoms with van der Waals surface area (Å²) < 4.78 is 0.876. The number of nitriles is 1. The Morgan fingerprint density at radius 2 is 2.05 bits per heavy atom. The molecule has 0 aliphatic carbocycles. The SMILES string of the molecule is N#Cc1cc(Br)cc(Nc2cccc3cnccc23)c1. The van der Waals surface area contributed by atoms with Gasteiger partial charge in [0.2, 0.25) is 0 Å². The Morgan fingerprint density at radius 3 is 2.90 bits per heavy atom. The summed E-state index contributed by atoms with van der Waals surface area (Å²) >= 11 is 3.42. The van der Waals surface area contributed by atoms with Gasteiger partial charge in [-0.2, -0.15) is 5.26 Å². The number of anilines is 2. The predicted octanol–water partition coefficient (Wildman–Crippen LogP) is 4.61. The standard InChI is InChI=1S/C16H10BrN3/c17-13-6-11(9-18)7-14(8-13)20-16-3-1-2-12-10-19-5-4-15(12)16/h1-8,10,20H. The molecule has 0 aliphatic rings. The monoisotopic (exact) mass is 323 g/mol. The molecule has 0 fully saturated rings. The van der Waals surface area contributed by atoms with Gasteiger partial charge in [0.1, 0.15) is 0 Å². The fourth-order valence-electron chi connectivity index (χ4n) is 2.11. The first-order valence-electron chi connectivity index (χ1n) is 6.07. The smallest absolute Gasteiger partial charge is 0.0992 e. The molecule has 0 aliphatic heterocycles. The molecule has 0 spiro atoms. The van der Waals surface area contributed by atoms with Crippen molar-refractivity contribution in [2.45, 2.75) is 0 Å². The van der Waals surface area contributed by atoms with Crippen molar-refractivity contribution in [2.24, 2.45) is 0 Å². The Bertz CT molecular complexity index is 816. The molecule has 0 saturated carbocycles. The highest BCUT2D eigenvalue weighted by Crippen LogP contribution is 2.27. The summed E-state index contributed by atoms with van der Waals surface area (Å²) in [5.41, 5.74) is 2.48. The quantitative estimate of drug-likeness (QED) is 0.749. The van der Waals surface area contributed by atoms with E-state index in [4.69, 9.17) is 5.26 Å². The average molecular weight is 324 g/mol. The predicted molar refractivity (Wildman–Crippen MR) is 83.9 cm³/mol. The Hall–Kier alpha value is -2.38. The molecular formula is C16H10BrN3. The highest BCUT2D eigenvalue weighted by Gasteiger charge is 2.03. The van der Waals surface area contributed by atoms with Crippen molar-refractivity contribution in [3.63, 3.8) is 0 Å². The molecule has 3 rings (SSSR count). The first-order valence-corrected chi connectivity index (χ1v) is 6.86. The second kappa shape index (κ2) is 5.32. The molecule has 1 heterocycles. The lowest BCUT2D eigenvalue weighted by Gasteiger charge is -2.10. The molecule has 96 valence electrons. The highest BCUT2D eigenvalue weighted by atomic mass is 79.9. The van der Waals surface area contributed by atoms with Crippen LogP contribution in [0.5, 0.6) is 0 Å². The van der Waals surface area contributed by atoms with E-state index in [0.717, 1.165) is 26.6 Å². The van der Waals surface area contributed by atoms with Crippen LogP contribution in [0.3, 0.4) is 0 Å². The normalized spacial score (nSPS) is 10.2. The van der Waals surface area contributed by atoms with Gasteiger partial charge in [0.15, 0.2) is 0 Å². The number of halogens is 1. The van der Waals surface area contributed by atoms with Gasteiger partial charge in [0.05, 0.1) is 11.6 Å². The summed E-state index contributed by atoms with van der Waals surface area (Å²) in [5, 5.41) is 14.5. The van der Waals surface area contributed by atoms with Crippen LogP contribution in [0.1, 0.15) is 5.56 Å². The van der Waals surface area contributed by atoms with E-state index in [1.807, 2.05) is 42.6 Å². The van der Waals surface area contributed by atoms with Crippen molar-refractivity contribution in [1.29, 1.82) is 5.26 Å². The summed E-state index contributed by atoms with van der Waals surface area (Å²) in [7, 11) is 0. The highest BCUT2D eigenvalue weighted by molar-refractivity contribution is 9.10. The van der Waals surface area contributed by atoms with Crippen molar-refractivity contribution < 1.29 is 0 Å². The van der Waals surface area contributed by atoms with Gasteiger partial charge in [-0.05, 0) is 30.3 Å². The van der Waals surface area contributed by atoms with Crippen molar-refractivity contribution >= 4 is 38.1 Å². The molecule has 0 bridgehead atoms. The van der Waals surface area contributed by atoms with E-state index in [2.05, 4.69) is 32.3 Å². The van der Waals surface area contributed by atoms with Gasteiger partial charge < -0.3 is 5.32 Å². The topological polar surface area (TPSA) is 48.7 Å². The molecule has 3 nitrogen and oxygen atoms in total. The van der Waals surface area contributed by atoms with Crippen molar-refractivity contribution in [3.05, 3.63) is 64.9 Å². The number of hydrogen-bond acceptors (Lipinski definition) is 3. The van der Waals surface area contributed by atoms with E-state index in [9.17, 15) is 0 Å². The summed E-state index contributed by atoms with van der Waals surface area (Å²) in [4.78, 5) is 4.12. The second-order valence-electron chi connectivity index (χ2n) is 4.37. The maximum Gasteiger partial charge on any atom is 0.0992 e. The Kier molecular flexibility index (Phi) is 3.36. The Morgan fingerprint density at radius 1 is 1.15 bits per heavy atom. The Balaban J connectivity index is 2.06. The molecular weight excluding hydrogens is 314 g/mol. The minimum atomic E-state index is 0.615. The molecule has 2 aromatic carbocycles. The molecule has 1 N–H and O–H groups in total. The van der Waals surface area contributed by atoms with Crippen LogP contribution in [-0.4, -0.2) is 4.98 Å². The minimum absolute atomic E-state index is 0.615. The van der Waals surface area contributed by atoms with Crippen LogP contribution in [0.15, 0.2) is 59.3 Å². The number of fused-ring (bicyclic) bond motifs is 1. The third-order valence-corrected chi connectivity index (χ3v) is 3.44. The van der Waals surface area contributed by atoms with E-state index in [1.54, 1.807) is 12.3 Å². The summed E-state index contributed by atoms with van der Waals surface area (Å²) in [6, 6.07) is 15.7. The molecule has 0 radical (unpaired) electrons. The van der Waals surface area contributed by atoms with Gasteiger partial charge in [-0.25, -0.2) is 0 Å². The summed E-state index contributed by atoms with van der Waals surface area (Å²) in [6.45, 7) is 0. The van der Waals surface area contributed by atoms with Crippen molar-refractivity contribution in [1.82, 2.24) is 4.98 Å². The number of hydrogen-bond donors (Lipinski definition) is 1. The lowest BCUT2D eigenvalue weighted by molar-refractivity contribution is 1.36. The van der Waals surface area contributed by atoms with Crippen LogP contribution in [0.2, 0.25) is 0 Å². The lowest BCUT2D eigenvalue weighted by atomic mass is 10.1. The lowest BCUT2D eigenvalue weighted by Crippen LogP contribution is -1.92. The van der Waals surface area contributed by atoms with Crippen LogP contribution >= 0.6 is 15.9 Å². The van der Waals surface area contributed by atoms with E-state index in [0.29, 0.717) is 5.56 Å². The largest absolute Gasteiger partial charge is 0.355 e. The van der Waals surface area contributed by atoms with Gasteiger partial charge in [-0.3, -0.25) is 4.98 Å². The fraction of sp³-hybridized carbons (Fsp3) is 0. The van der Waals surface area contributed by atoms with E-state index >= 15 is 0 Å². The van der Waals surface area contributed by atoms with Gasteiger partial charge in [0.25, 0.3) is 0 Å². The number of rotatable bonds is 2. The van der Waals surface area contributed by atoms with Crippen LogP contribution in [-0.2, 0) is 0 Å². The summed E-state index contributed by atoms with van der Waals surface area (Å²) in [5.74, 6) is 0. The zero-order valence-corrected chi connectivity index (χ0v) is 12.1. The molecule has 0 saturated heterocycles. The maximum atomic E-state index is 9.02. The third kappa shape index (κ3) is 2.49. The van der Waals surface area contributed by atoms with Gasteiger partial charge in [0, 0.05) is 39.0 Å². The Labute approximate surface area is 125 Å². The second-order valence-corrected chi connectivity index (χ2v) is 5.28. The van der Waals surface area contributed by atoms with E-state index in [1.165, 1.54) is 0 Å². The van der Waals surface area contributed by atoms with Gasteiger partial charge in [-0.1, -0.05) is 28.1 Å². The van der Waals surface area contributed by atoms with Gasteiger partial charge >= 0.3 is 0 Å². The molecule has 1 aromatic heterocycles. The summed E-state index contributed by atoms with van der Waals surface area (Å²) in [6.07, 6.45) is 3.61. The molecule has 0 unspecified atom stereocenters. The molecule has 0 amide bonds. The van der Waals surface area contributed by atoms with E-state index < -0.39 is 0 Å². The zero-order chi connectivity index (χ0) is 13.9. The fourth-order valence-corrected chi connectivity index (χ4v) is 2.61. The number of nitrogens with one attached hydrogen (secondary N) is 1. The average Bonchev–Trinajstić information content (AvgIpc) is 2.47. The zero-order valence-electron chi connectivity index (χ0n) is 10.5. The first kappa shape index (κ1) is 12.6. The van der Waals surface area contributed by atoms with E-state index in [-0.39, 0.29) is 0 Å². The molecule has 0 atom stereocenters. The molecule has 20 heavy (non-hydrogen) atoms. The number of nitrogens with zero attached hydrogens (tertiary/aromatic N) is 2. The molecule has 4 heteroatoms. The van der Waals surface area contributed by atoms with Crippen LogP contribution < -0.4 is 5.32 Å². The minimum Gasteiger partial charge on any atom is -0.355 e. The van der Waals surface area contributed by atoms with Crippen molar-refractivity contribution in [3.8, 4) is 6.07 Å². The third-order valence-electron chi connectivity index (χ3n) is 2.99. The molecule has 3 aromatic rings. The van der Waals surface area contributed by atoms with Gasteiger partial charge in [-0.15, -0.1) is 0 Å². The first-order chi connectivity index (χ1) is 9.76. The van der Waals surface area contributed by atoms with Crippen LogP contribution in [0.4, 0.5) is 11.4 Å². The van der Waals surface area contributed by atoms with Crippen LogP contribution in [0.25, 0.3) is 10.8 Å². The van der Waals surface area contributed by atoms with Crippen molar-refractivity contribution in [2.75, 3.05) is 5.32 Å². The number of pyridine rings is 1.